The smallest absolute Gasteiger partial charge is 0.278 e. The van der Waals surface area contributed by atoms with E-state index >= 15 is 0 Å². The molecule has 1 aromatic carbocycles. The van der Waals surface area contributed by atoms with Crippen molar-refractivity contribution in [3.8, 4) is 5.75 Å². The average molecular weight is 288 g/mol. The van der Waals surface area contributed by atoms with Crippen LogP contribution in [0.1, 0.15) is 30.8 Å². The standard InChI is InChI=1S/C15H20N4O2/c1-3-9-21-12-7-5-11(6-8-12)17-15(20)14-13(16)10-19(4-2)18-14/h5-8,10H,3-4,9,16H2,1-2H3,(H,17,20). The Morgan fingerprint density at radius 2 is 2.05 bits per heavy atom. The summed E-state index contributed by atoms with van der Waals surface area (Å²) in [6.07, 6.45) is 2.61. The number of ether oxygens (including phenoxy) is 1. The number of hydrogen-bond acceptors (Lipinski definition) is 4. The van der Waals surface area contributed by atoms with E-state index in [4.69, 9.17) is 10.5 Å². The maximum Gasteiger partial charge on any atom is 0.278 e. The van der Waals surface area contributed by atoms with Gasteiger partial charge in [0.2, 0.25) is 0 Å². The van der Waals surface area contributed by atoms with Crippen molar-refractivity contribution < 1.29 is 9.53 Å². The number of aryl methyl sites for hydroxylation is 1. The molecule has 0 unspecified atom stereocenters. The number of nitrogens with two attached hydrogens (primary N) is 1. The Balaban J connectivity index is 2.03. The Morgan fingerprint density at radius 1 is 1.33 bits per heavy atom. The van der Waals surface area contributed by atoms with Crippen molar-refractivity contribution in [3.05, 3.63) is 36.2 Å². The van der Waals surface area contributed by atoms with Crippen molar-refractivity contribution in [2.45, 2.75) is 26.8 Å². The molecule has 6 nitrogen and oxygen atoms in total. The number of aromatic nitrogens is 2. The lowest BCUT2D eigenvalue weighted by Crippen LogP contribution is -2.14. The predicted octanol–water partition coefficient (Wildman–Crippen LogP) is 2.53. The van der Waals surface area contributed by atoms with Crippen LogP contribution >= 0.6 is 0 Å². The summed E-state index contributed by atoms with van der Waals surface area (Å²) in [5.74, 6) is 0.464. The molecule has 21 heavy (non-hydrogen) atoms. The van der Waals surface area contributed by atoms with E-state index in [0.717, 1.165) is 12.2 Å². The third-order valence-electron chi connectivity index (χ3n) is 2.91. The van der Waals surface area contributed by atoms with Crippen molar-refractivity contribution in [3.63, 3.8) is 0 Å². The highest BCUT2D eigenvalue weighted by atomic mass is 16.5. The summed E-state index contributed by atoms with van der Waals surface area (Å²) < 4.78 is 7.12. The van der Waals surface area contributed by atoms with E-state index in [2.05, 4.69) is 17.3 Å². The molecule has 112 valence electrons. The van der Waals surface area contributed by atoms with Crippen LogP contribution in [0.3, 0.4) is 0 Å². The summed E-state index contributed by atoms with van der Waals surface area (Å²) in [5, 5.41) is 6.91. The Hall–Kier alpha value is -2.50. The number of carbonyl (C=O) groups excluding carboxylic acids is 1. The molecule has 0 radical (unpaired) electrons. The second-order valence-electron chi connectivity index (χ2n) is 4.62. The van der Waals surface area contributed by atoms with Crippen molar-refractivity contribution in [1.29, 1.82) is 0 Å². The maximum atomic E-state index is 12.1. The zero-order chi connectivity index (χ0) is 15.2. The summed E-state index contributed by atoms with van der Waals surface area (Å²) in [6.45, 7) is 5.33. The summed E-state index contributed by atoms with van der Waals surface area (Å²) in [7, 11) is 0. The largest absolute Gasteiger partial charge is 0.494 e. The first kappa shape index (κ1) is 14.9. The average Bonchev–Trinajstić information content (AvgIpc) is 2.88. The van der Waals surface area contributed by atoms with Gasteiger partial charge in [-0.15, -0.1) is 0 Å². The van der Waals surface area contributed by atoms with Gasteiger partial charge in [-0.3, -0.25) is 9.48 Å². The van der Waals surface area contributed by atoms with Crippen LogP contribution in [0, 0.1) is 0 Å². The number of hydrogen-bond donors (Lipinski definition) is 2. The van der Waals surface area contributed by atoms with Crippen LogP contribution in [0.25, 0.3) is 0 Å². The van der Waals surface area contributed by atoms with Crippen LogP contribution in [0.5, 0.6) is 5.75 Å². The quantitative estimate of drug-likeness (QED) is 0.855. The molecule has 2 aromatic rings. The normalized spacial score (nSPS) is 10.4. The lowest BCUT2D eigenvalue weighted by Gasteiger charge is -2.07. The van der Waals surface area contributed by atoms with Crippen LogP contribution < -0.4 is 15.8 Å². The van der Waals surface area contributed by atoms with Gasteiger partial charge in [-0.25, -0.2) is 0 Å². The van der Waals surface area contributed by atoms with Crippen molar-refractivity contribution >= 4 is 17.3 Å². The number of anilines is 2. The van der Waals surface area contributed by atoms with E-state index in [1.165, 1.54) is 0 Å². The Morgan fingerprint density at radius 3 is 2.62 bits per heavy atom. The fraction of sp³-hybridized carbons (Fsp3) is 0.333. The molecule has 1 heterocycles. The van der Waals surface area contributed by atoms with Crippen LogP contribution in [0.4, 0.5) is 11.4 Å². The lowest BCUT2D eigenvalue weighted by molar-refractivity contribution is 0.102. The Labute approximate surface area is 123 Å². The van der Waals surface area contributed by atoms with E-state index in [0.29, 0.717) is 24.5 Å². The summed E-state index contributed by atoms with van der Waals surface area (Å²) >= 11 is 0. The number of nitrogens with one attached hydrogen (secondary N) is 1. The van der Waals surface area contributed by atoms with Crippen molar-refractivity contribution in [1.82, 2.24) is 9.78 Å². The first-order valence-corrected chi connectivity index (χ1v) is 7.01. The molecule has 1 aromatic heterocycles. The fourth-order valence-electron chi connectivity index (χ4n) is 1.82. The van der Waals surface area contributed by atoms with Crippen molar-refractivity contribution in [2.24, 2.45) is 0 Å². The molecular formula is C15H20N4O2. The number of rotatable bonds is 6. The highest BCUT2D eigenvalue weighted by molar-refractivity contribution is 6.06. The van der Waals surface area contributed by atoms with E-state index < -0.39 is 0 Å². The minimum Gasteiger partial charge on any atom is -0.494 e. The third kappa shape index (κ3) is 3.75. The highest BCUT2D eigenvalue weighted by Gasteiger charge is 2.14. The molecule has 0 aliphatic heterocycles. The van der Waals surface area contributed by atoms with E-state index in [9.17, 15) is 4.79 Å². The molecule has 1 amide bonds. The van der Waals surface area contributed by atoms with Crippen molar-refractivity contribution in [2.75, 3.05) is 17.7 Å². The molecule has 0 saturated heterocycles. The molecule has 6 heteroatoms. The Bertz CT molecular complexity index is 605. The second kappa shape index (κ2) is 6.78. The summed E-state index contributed by atoms with van der Waals surface area (Å²) in [6, 6.07) is 7.21. The molecule has 0 atom stereocenters. The molecule has 0 aliphatic carbocycles. The molecule has 0 spiro atoms. The van der Waals surface area contributed by atoms with Gasteiger partial charge < -0.3 is 15.8 Å². The van der Waals surface area contributed by atoms with Gasteiger partial charge in [0.25, 0.3) is 5.91 Å². The van der Waals surface area contributed by atoms with Gasteiger partial charge >= 0.3 is 0 Å². The topological polar surface area (TPSA) is 82.2 Å². The van der Waals surface area contributed by atoms with E-state index in [-0.39, 0.29) is 11.6 Å². The molecule has 0 bridgehead atoms. The van der Waals surface area contributed by atoms with E-state index in [1.54, 1.807) is 23.0 Å². The van der Waals surface area contributed by atoms with Crippen LogP contribution in [-0.2, 0) is 6.54 Å². The number of amides is 1. The SMILES string of the molecule is CCCOc1ccc(NC(=O)c2nn(CC)cc2N)cc1. The molecule has 2 rings (SSSR count). The number of nitrogens with zero attached hydrogens (tertiary/aromatic N) is 2. The van der Waals surface area contributed by atoms with Gasteiger partial charge in [0.1, 0.15) is 5.75 Å². The summed E-state index contributed by atoms with van der Waals surface area (Å²) in [4.78, 5) is 12.1. The van der Waals surface area contributed by atoms with Gasteiger partial charge in [-0.2, -0.15) is 5.10 Å². The summed E-state index contributed by atoms with van der Waals surface area (Å²) in [5.41, 5.74) is 7.07. The van der Waals surface area contributed by atoms with Crippen LogP contribution in [0.15, 0.2) is 30.5 Å². The minimum atomic E-state index is -0.318. The van der Waals surface area contributed by atoms with Gasteiger partial charge in [0, 0.05) is 18.4 Å². The number of nitrogen functional groups attached to an aromatic ring is 1. The lowest BCUT2D eigenvalue weighted by atomic mass is 10.3. The third-order valence-corrected chi connectivity index (χ3v) is 2.91. The predicted molar refractivity (Wildman–Crippen MR) is 82.5 cm³/mol. The molecule has 3 N–H and O–H groups in total. The van der Waals surface area contributed by atoms with Gasteiger partial charge in [0.15, 0.2) is 5.69 Å². The van der Waals surface area contributed by atoms with Gasteiger partial charge in [0.05, 0.1) is 12.3 Å². The number of carbonyl (C=O) groups is 1. The molecule has 0 saturated carbocycles. The second-order valence-corrected chi connectivity index (χ2v) is 4.62. The highest BCUT2D eigenvalue weighted by Crippen LogP contribution is 2.17. The van der Waals surface area contributed by atoms with Crippen LogP contribution in [0.2, 0.25) is 0 Å². The zero-order valence-electron chi connectivity index (χ0n) is 12.3. The first-order valence-electron chi connectivity index (χ1n) is 7.01. The molecular weight excluding hydrogens is 268 g/mol. The maximum absolute atomic E-state index is 12.1. The monoisotopic (exact) mass is 288 g/mol. The Kier molecular flexibility index (Phi) is 4.81. The van der Waals surface area contributed by atoms with Gasteiger partial charge in [-0.1, -0.05) is 6.92 Å². The fourth-order valence-corrected chi connectivity index (χ4v) is 1.82. The van der Waals surface area contributed by atoms with E-state index in [1.807, 2.05) is 19.1 Å². The van der Waals surface area contributed by atoms with Gasteiger partial charge in [-0.05, 0) is 37.6 Å². The first-order chi connectivity index (χ1) is 10.1. The molecule has 0 aliphatic rings. The molecule has 0 fully saturated rings. The van der Waals surface area contributed by atoms with Crippen LogP contribution in [-0.4, -0.2) is 22.3 Å². The number of benzene rings is 1. The minimum absolute atomic E-state index is 0.239. The zero-order valence-corrected chi connectivity index (χ0v) is 12.3.